The summed E-state index contributed by atoms with van der Waals surface area (Å²) in [5, 5.41) is 23.1. The number of carbonyl (C=O) groups is 2. The Kier molecular flexibility index (Phi) is 8.85. The maximum absolute atomic E-state index is 13.9. The highest BCUT2D eigenvalue weighted by Gasteiger charge is 2.60. The highest BCUT2D eigenvalue weighted by molar-refractivity contribution is 6.03. The fourth-order valence-electron chi connectivity index (χ4n) is 7.00. The lowest BCUT2D eigenvalue weighted by Gasteiger charge is -2.48. The quantitative estimate of drug-likeness (QED) is 0.361. The minimum Gasteiger partial charge on any atom is -0.462 e. The first-order valence-electron chi connectivity index (χ1n) is 15.4. The zero-order valence-electron chi connectivity index (χ0n) is 25.6. The van der Waals surface area contributed by atoms with Crippen molar-refractivity contribution in [1.29, 1.82) is 0 Å². The Hall–Kier alpha value is -2.36. The Morgan fingerprint density at radius 2 is 1.86 bits per heavy atom. The minimum atomic E-state index is -1.87. The van der Waals surface area contributed by atoms with Gasteiger partial charge in [-0.05, 0) is 49.0 Å². The van der Waals surface area contributed by atoms with E-state index in [4.69, 9.17) is 18.9 Å². The average molecular weight is 583 g/mol. The van der Waals surface area contributed by atoms with Crippen molar-refractivity contribution < 1.29 is 38.7 Å². The van der Waals surface area contributed by atoms with E-state index >= 15 is 0 Å². The third-order valence-electron chi connectivity index (χ3n) is 9.87. The number of aliphatic hydroxyl groups excluding tert-OH is 1. The van der Waals surface area contributed by atoms with Crippen molar-refractivity contribution in [1.82, 2.24) is 0 Å². The molecule has 0 aromatic rings. The summed E-state index contributed by atoms with van der Waals surface area (Å²) in [6, 6.07) is 0. The lowest BCUT2D eigenvalue weighted by Crippen LogP contribution is -2.57. The van der Waals surface area contributed by atoms with Crippen LogP contribution in [0, 0.1) is 23.7 Å². The molecule has 4 heterocycles. The van der Waals surface area contributed by atoms with Crippen LogP contribution >= 0.6 is 0 Å². The Labute approximate surface area is 249 Å². The van der Waals surface area contributed by atoms with Crippen LogP contribution in [-0.2, 0) is 28.5 Å². The number of esters is 1. The minimum absolute atomic E-state index is 0.00822. The number of hydrogen-bond donors (Lipinski definition) is 2. The maximum atomic E-state index is 13.9. The molecule has 42 heavy (non-hydrogen) atoms. The van der Waals surface area contributed by atoms with E-state index in [9.17, 15) is 19.8 Å². The monoisotopic (exact) mass is 582 g/mol. The molecule has 0 aromatic heterocycles. The summed E-state index contributed by atoms with van der Waals surface area (Å²) in [7, 11) is 0. The number of ether oxygens (including phenoxy) is 4. The Morgan fingerprint density at radius 1 is 1.10 bits per heavy atom. The summed E-state index contributed by atoms with van der Waals surface area (Å²) in [6.45, 7) is 11.9. The van der Waals surface area contributed by atoms with Crippen LogP contribution in [0.25, 0.3) is 0 Å². The molecule has 1 aliphatic carbocycles. The van der Waals surface area contributed by atoms with Crippen LogP contribution in [0.2, 0.25) is 0 Å². The predicted octanol–water partition coefficient (Wildman–Crippen LogP) is 4.52. The molecule has 1 spiro atoms. The van der Waals surface area contributed by atoms with Gasteiger partial charge in [0.1, 0.15) is 17.6 Å². The van der Waals surface area contributed by atoms with E-state index in [-0.39, 0.29) is 36.4 Å². The van der Waals surface area contributed by atoms with Crippen molar-refractivity contribution in [2.45, 2.75) is 109 Å². The number of allylic oxidation sites excluding steroid dienone is 2. The molecule has 2 bridgehead atoms. The van der Waals surface area contributed by atoms with Gasteiger partial charge in [-0.3, -0.25) is 9.59 Å². The smallest absolute Gasteiger partial charge is 0.316 e. The average Bonchev–Trinajstić information content (AvgIpc) is 3.30. The van der Waals surface area contributed by atoms with E-state index in [2.05, 4.69) is 26.8 Å². The highest BCUT2D eigenvalue weighted by Crippen LogP contribution is 2.45. The molecule has 2 N–H and O–H groups in total. The van der Waals surface area contributed by atoms with Gasteiger partial charge < -0.3 is 29.2 Å². The molecule has 0 saturated carbocycles. The summed E-state index contributed by atoms with van der Waals surface area (Å²) >= 11 is 0. The van der Waals surface area contributed by atoms with Crippen LogP contribution in [-0.4, -0.2) is 70.5 Å². The number of fused-ring (bicyclic) bond motifs is 2. The lowest BCUT2D eigenvalue weighted by molar-refractivity contribution is -0.300. The number of hydrogen-bond acceptors (Lipinski definition) is 8. The first kappa shape index (κ1) is 31.1. The van der Waals surface area contributed by atoms with E-state index in [1.54, 1.807) is 19.1 Å². The normalized spacial score (nSPS) is 43.3. The number of aliphatic hydroxyl groups is 2. The predicted molar refractivity (Wildman–Crippen MR) is 157 cm³/mol. The highest BCUT2D eigenvalue weighted by atomic mass is 16.7. The Morgan fingerprint density at radius 3 is 2.60 bits per heavy atom. The summed E-state index contributed by atoms with van der Waals surface area (Å²) in [5.74, 6) is -2.84. The summed E-state index contributed by atoms with van der Waals surface area (Å²) in [5.41, 5.74) is -0.265. The largest absolute Gasteiger partial charge is 0.462 e. The van der Waals surface area contributed by atoms with Crippen molar-refractivity contribution in [3.63, 3.8) is 0 Å². The molecule has 1 unspecified atom stereocenters. The second kappa shape index (κ2) is 12.0. The number of Topliss-reactive ketones (excluding diaryl/α,β-unsaturated/α-hetero) is 1. The van der Waals surface area contributed by atoms with Crippen molar-refractivity contribution in [3.05, 3.63) is 59.3 Å². The van der Waals surface area contributed by atoms with Crippen LogP contribution in [0.3, 0.4) is 0 Å². The molecule has 0 amide bonds. The number of ketones is 1. The fourth-order valence-corrected chi connectivity index (χ4v) is 7.00. The van der Waals surface area contributed by atoms with E-state index in [1.165, 1.54) is 6.08 Å². The van der Waals surface area contributed by atoms with E-state index < -0.39 is 41.6 Å². The molecule has 5 rings (SSSR count). The summed E-state index contributed by atoms with van der Waals surface area (Å²) in [4.78, 5) is 26.9. The SMILES string of the molecule is CCC(C)[C@H]1O[C@]2(C=C[C@@H]1C)C[C@@H]1C[C@@H](CC=C(C)[C@@H](O)[C@@H](C)C=CC=C3CO[C@@H]4C(=O)C(C)=C[C@@H](C(=O)O1)[C@]34O)O2. The molecular weight excluding hydrogens is 536 g/mol. The second-order valence-corrected chi connectivity index (χ2v) is 13.0. The van der Waals surface area contributed by atoms with Gasteiger partial charge in [-0.25, -0.2) is 0 Å². The van der Waals surface area contributed by atoms with E-state index in [0.29, 0.717) is 36.3 Å². The van der Waals surface area contributed by atoms with Gasteiger partial charge in [0.2, 0.25) is 0 Å². The lowest BCUT2D eigenvalue weighted by atomic mass is 9.71. The van der Waals surface area contributed by atoms with Gasteiger partial charge in [-0.15, -0.1) is 0 Å². The summed E-state index contributed by atoms with van der Waals surface area (Å²) < 4.78 is 25.3. The van der Waals surface area contributed by atoms with Crippen molar-refractivity contribution in [2.24, 2.45) is 23.7 Å². The zero-order chi connectivity index (χ0) is 30.4. The van der Waals surface area contributed by atoms with Crippen LogP contribution in [0.4, 0.5) is 0 Å². The molecular formula is C34H46O8. The molecule has 8 nitrogen and oxygen atoms in total. The van der Waals surface area contributed by atoms with Gasteiger partial charge in [0.25, 0.3) is 0 Å². The van der Waals surface area contributed by atoms with Gasteiger partial charge in [-0.2, -0.15) is 0 Å². The van der Waals surface area contributed by atoms with Gasteiger partial charge in [-0.1, -0.05) is 70.6 Å². The first-order chi connectivity index (χ1) is 19.9. The van der Waals surface area contributed by atoms with Gasteiger partial charge in [0.05, 0.1) is 24.9 Å². The van der Waals surface area contributed by atoms with E-state index in [0.717, 1.165) is 12.0 Å². The van der Waals surface area contributed by atoms with Crippen LogP contribution in [0.1, 0.15) is 67.2 Å². The molecule has 0 radical (unpaired) electrons. The topological polar surface area (TPSA) is 112 Å². The molecule has 230 valence electrons. The van der Waals surface area contributed by atoms with Gasteiger partial charge >= 0.3 is 5.97 Å². The van der Waals surface area contributed by atoms with Gasteiger partial charge in [0, 0.05) is 24.7 Å². The molecule has 0 aromatic carbocycles. The van der Waals surface area contributed by atoms with E-state index in [1.807, 2.05) is 32.1 Å². The molecule has 2 saturated heterocycles. The number of rotatable bonds is 2. The van der Waals surface area contributed by atoms with Crippen molar-refractivity contribution in [2.75, 3.05) is 6.61 Å². The molecule has 2 fully saturated rings. The first-order valence-corrected chi connectivity index (χ1v) is 15.4. The maximum Gasteiger partial charge on any atom is 0.316 e. The standard InChI is InChI=1S/C34H46O8/c1-7-19(2)30-22(5)13-14-33(42-30)17-26-16-25(41-33)12-11-21(4)28(35)20(3)9-8-10-24-18-39-31-29(36)23(6)15-27(32(37)40-26)34(24,31)38/h8-11,13-15,19-20,22,25-28,30-31,35,38H,7,12,16-18H2,1-6H3/t19?,20-,22-,25+,26-,27-,28-,30+,31+,33+,34+/m0/s1. The van der Waals surface area contributed by atoms with Crippen molar-refractivity contribution in [3.8, 4) is 0 Å². The third kappa shape index (κ3) is 5.64. The fraction of sp³-hybridized carbons (Fsp3) is 0.647. The molecule has 5 aliphatic rings. The zero-order valence-corrected chi connectivity index (χ0v) is 25.6. The van der Waals surface area contributed by atoms with Gasteiger partial charge in [0.15, 0.2) is 17.7 Å². The van der Waals surface area contributed by atoms with Crippen LogP contribution in [0.5, 0.6) is 0 Å². The third-order valence-corrected chi connectivity index (χ3v) is 9.87. The van der Waals surface area contributed by atoms with Crippen LogP contribution < -0.4 is 0 Å². The molecule has 11 atom stereocenters. The Balaban J connectivity index is 1.55. The molecule has 4 aliphatic heterocycles. The number of carbonyl (C=O) groups excluding carboxylic acids is 2. The Bertz CT molecular complexity index is 1230. The second-order valence-electron chi connectivity index (χ2n) is 13.0. The van der Waals surface area contributed by atoms with Crippen molar-refractivity contribution >= 4 is 11.8 Å². The molecule has 8 heteroatoms. The summed E-state index contributed by atoms with van der Waals surface area (Å²) in [6.07, 6.45) is 12.2. The van der Waals surface area contributed by atoms with Crippen LogP contribution in [0.15, 0.2) is 59.3 Å².